The van der Waals surface area contributed by atoms with Gasteiger partial charge in [0, 0.05) is 24.3 Å². The summed E-state index contributed by atoms with van der Waals surface area (Å²) < 4.78 is 40.7. The van der Waals surface area contributed by atoms with E-state index in [4.69, 9.17) is 23.2 Å². The average molecular weight is 445 g/mol. The minimum absolute atomic E-state index is 0.0608. The van der Waals surface area contributed by atoms with E-state index in [9.17, 15) is 17.6 Å². The Balaban J connectivity index is 1.87. The van der Waals surface area contributed by atoms with Crippen LogP contribution in [0.15, 0.2) is 41.3 Å². The molecule has 1 fully saturated rings. The third-order valence-corrected chi connectivity index (χ3v) is 7.22. The van der Waals surface area contributed by atoms with Gasteiger partial charge in [0.25, 0.3) is 5.91 Å². The number of carbonyl (C=O) groups is 1. The van der Waals surface area contributed by atoms with Crippen molar-refractivity contribution in [2.75, 3.05) is 18.4 Å². The Hall–Kier alpha value is -1.67. The van der Waals surface area contributed by atoms with Crippen LogP contribution >= 0.6 is 23.2 Å². The Morgan fingerprint density at radius 2 is 1.64 bits per heavy atom. The highest BCUT2D eigenvalue weighted by molar-refractivity contribution is 7.89. The van der Waals surface area contributed by atoms with Gasteiger partial charge in [0.2, 0.25) is 10.0 Å². The van der Waals surface area contributed by atoms with Gasteiger partial charge >= 0.3 is 0 Å². The highest BCUT2D eigenvalue weighted by Crippen LogP contribution is 2.28. The van der Waals surface area contributed by atoms with Gasteiger partial charge in [0.1, 0.15) is 10.7 Å². The van der Waals surface area contributed by atoms with E-state index in [-0.39, 0.29) is 20.5 Å². The van der Waals surface area contributed by atoms with Gasteiger partial charge in [0.05, 0.1) is 10.0 Å². The van der Waals surface area contributed by atoms with Gasteiger partial charge < -0.3 is 5.32 Å². The van der Waals surface area contributed by atoms with E-state index in [1.807, 2.05) is 0 Å². The third kappa shape index (κ3) is 4.66. The number of benzene rings is 2. The zero-order valence-corrected chi connectivity index (χ0v) is 17.2. The first kappa shape index (κ1) is 21.0. The Kier molecular flexibility index (Phi) is 6.60. The normalized spacial score (nSPS) is 15.8. The lowest BCUT2D eigenvalue weighted by Crippen LogP contribution is -2.32. The first-order valence-electron chi connectivity index (χ1n) is 8.85. The van der Waals surface area contributed by atoms with Crippen LogP contribution in [0.1, 0.15) is 36.0 Å². The number of amides is 1. The number of rotatable bonds is 4. The number of hydrogen-bond donors (Lipinski definition) is 1. The van der Waals surface area contributed by atoms with Crippen molar-refractivity contribution in [3.05, 3.63) is 57.8 Å². The quantitative estimate of drug-likeness (QED) is 0.725. The van der Waals surface area contributed by atoms with Crippen molar-refractivity contribution < 1.29 is 17.6 Å². The highest BCUT2D eigenvalue weighted by atomic mass is 35.5. The molecule has 1 heterocycles. The first-order valence-corrected chi connectivity index (χ1v) is 11.0. The minimum Gasteiger partial charge on any atom is -0.322 e. The van der Waals surface area contributed by atoms with E-state index in [0.29, 0.717) is 18.8 Å². The summed E-state index contributed by atoms with van der Waals surface area (Å²) in [5.74, 6) is -1.15. The van der Waals surface area contributed by atoms with Gasteiger partial charge in [0.15, 0.2) is 0 Å². The molecule has 5 nitrogen and oxygen atoms in total. The van der Waals surface area contributed by atoms with Gasteiger partial charge in [-0.2, -0.15) is 4.31 Å². The van der Waals surface area contributed by atoms with Crippen LogP contribution in [0.2, 0.25) is 10.0 Å². The molecular weight excluding hydrogens is 426 g/mol. The van der Waals surface area contributed by atoms with Crippen LogP contribution in [0.4, 0.5) is 10.1 Å². The zero-order valence-electron chi connectivity index (χ0n) is 14.9. The largest absolute Gasteiger partial charge is 0.322 e. The predicted molar refractivity (Wildman–Crippen MR) is 108 cm³/mol. The fourth-order valence-electron chi connectivity index (χ4n) is 3.04. The monoisotopic (exact) mass is 444 g/mol. The Morgan fingerprint density at radius 1 is 0.964 bits per heavy atom. The maximum atomic E-state index is 13.3. The molecular formula is C19H19Cl2FN2O3S. The van der Waals surface area contributed by atoms with E-state index in [1.54, 1.807) is 0 Å². The summed E-state index contributed by atoms with van der Waals surface area (Å²) in [5.41, 5.74) is 0.418. The summed E-state index contributed by atoms with van der Waals surface area (Å²) in [7, 11) is -3.81. The first-order chi connectivity index (χ1) is 13.3. The zero-order chi connectivity index (χ0) is 20.3. The lowest BCUT2D eigenvalue weighted by Gasteiger charge is -2.21. The summed E-state index contributed by atoms with van der Waals surface area (Å²) in [5, 5.41) is 2.51. The number of nitrogens with one attached hydrogen (secondary N) is 1. The van der Waals surface area contributed by atoms with Crippen molar-refractivity contribution in [2.45, 2.75) is 30.6 Å². The SMILES string of the molecule is O=C(Nc1ccc(F)c(Cl)c1)c1ccc(Cl)c(S(=O)(=O)N2CCCCCC2)c1. The molecule has 0 spiro atoms. The van der Waals surface area contributed by atoms with Crippen LogP contribution in [-0.2, 0) is 10.0 Å². The van der Waals surface area contributed by atoms with Gasteiger partial charge in [-0.15, -0.1) is 0 Å². The van der Waals surface area contributed by atoms with Crippen LogP contribution in [-0.4, -0.2) is 31.7 Å². The molecule has 1 saturated heterocycles. The van der Waals surface area contributed by atoms with Gasteiger partial charge in [-0.05, 0) is 49.2 Å². The van der Waals surface area contributed by atoms with Crippen molar-refractivity contribution in [2.24, 2.45) is 0 Å². The van der Waals surface area contributed by atoms with Crippen LogP contribution in [0.25, 0.3) is 0 Å². The molecule has 2 aromatic rings. The molecule has 9 heteroatoms. The van der Waals surface area contributed by atoms with Gasteiger partial charge in [-0.1, -0.05) is 36.0 Å². The fraction of sp³-hybridized carbons (Fsp3) is 0.316. The predicted octanol–water partition coefficient (Wildman–Crippen LogP) is 4.95. The summed E-state index contributed by atoms with van der Waals surface area (Å²) in [6.07, 6.45) is 3.57. The van der Waals surface area contributed by atoms with Gasteiger partial charge in [-0.3, -0.25) is 4.79 Å². The Bertz CT molecular complexity index is 991. The lowest BCUT2D eigenvalue weighted by molar-refractivity contribution is 0.102. The second-order valence-corrected chi connectivity index (χ2v) is 9.27. The molecule has 150 valence electrons. The molecule has 0 aromatic heterocycles. The Labute approximate surface area is 173 Å². The number of halogens is 3. The van der Waals surface area contributed by atoms with Crippen LogP contribution < -0.4 is 5.32 Å². The van der Waals surface area contributed by atoms with Crippen molar-refractivity contribution >= 4 is 44.8 Å². The molecule has 1 aliphatic rings. The van der Waals surface area contributed by atoms with Gasteiger partial charge in [-0.25, -0.2) is 12.8 Å². The van der Waals surface area contributed by atoms with Crippen LogP contribution in [0.3, 0.4) is 0 Å². The number of nitrogens with zero attached hydrogens (tertiary/aromatic N) is 1. The molecule has 0 bridgehead atoms. The second kappa shape index (κ2) is 8.78. The standard InChI is InChI=1S/C19H19Cl2FN2O3S/c20-15-7-5-13(19(25)23-14-6-8-17(22)16(21)12-14)11-18(15)28(26,27)24-9-3-1-2-4-10-24/h5-8,11-12H,1-4,9-10H2,(H,23,25). The smallest absolute Gasteiger partial charge is 0.255 e. The maximum Gasteiger partial charge on any atom is 0.255 e. The molecule has 0 aliphatic carbocycles. The van der Waals surface area contributed by atoms with E-state index < -0.39 is 21.7 Å². The Morgan fingerprint density at radius 3 is 2.29 bits per heavy atom. The molecule has 2 aromatic carbocycles. The fourth-order valence-corrected chi connectivity index (χ4v) is 5.24. The summed E-state index contributed by atoms with van der Waals surface area (Å²) in [6.45, 7) is 0.867. The van der Waals surface area contributed by atoms with Crippen molar-refractivity contribution in [1.29, 1.82) is 0 Å². The number of sulfonamides is 1. The molecule has 0 radical (unpaired) electrons. The van der Waals surface area contributed by atoms with E-state index in [2.05, 4.69) is 5.32 Å². The summed E-state index contributed by atoms with van der Waals surface area (Å²) >= 11 is 11.9. The number of anilines is 1. The molecule has 1 N–H and O–H groups in total. The molecule has 1 amide bonds. The average Bonchev–Trinajstić information content (AvgIpc) is 2.95. The summed E-state index contributed by atoms with van der Waals surface area (Å²) in [4.78, 5) is 12.4. The summed E-state index contributed by atoms with van der Waals surface area (Å²) in [6, 6.07) is 7.87. The third-order valence-electron chi connectivity index (χ3n) is 4.55. The molecule has 0 unspecified atom stereocenters. The van der Waals surface area contributed by atoms with Crippen LogP contribution in [0, 0.1) is 5.82 Å². The molecule has 1 aliphatic heterocycles. The molecule has 3 rings (SSSR count). The molecule has 28 heavy (non-hydrogen) atoms. The minimum atomic E-state index is -3.81. The number of hydrogen-bond acceptors (Lipinski definition) is 3. The maximum absolute atomic E-state index is 13.3. The van der Waals surface area contributed by atoms with E-state index in [0.717, 1.165) is 31.7 Å². The lowest BCUT2D eigenvalue weighted by atomic mass is 10.2. The van der Waals surface area contributed by atoms with E-state index in [1.165, 1.54) is 34.6 Å². The topological polar surface area (TPSA) is 66.5 Å². The number of carbonyl (C=O) groups excluding carboxylic acids is 1. The van der Waals surface area contributed by atoms with E-state index >= 15 is 0 Å². The van der Waals surface area contributed by atoms with Crippen LogP contribution in [0.5, 0.6) is 0 Å². The van der Waals surface area contributed by atoms with Crippen molar-refractivity contribution in [3.8, 4) is 0 Å². The van der Waals surface area contributed by atoms with Crippen molar-refractivity contribution in [3.63, 3.8) is 0 Å². The molecule has 0 saturated carbocycles. The highest BCUT2D eigenvalue weighted by Gasteiger charge is 2.28. The van der Waals surface area contributed by atoms with Crippen molar-refractivity contribution in [1.82, 2.24) is 4.31 Å². The second-order valence-electron chi connectivity index (χ2n) is 6.55. The molecule has 0 atom stereocenters.